The van der Waals surface area contributed by atoms with Crippen LogP contribution in [0.1, 0.15) is 18.1 Å². The summed E-state index contributed by atoms with van der Waals surface area (Å²) in [5.74, 6) is 0.191. The fraction of sp³-hybridized carbons (Fsp3) is 0.571. The van der Waals surface area contributed by atoms with Gasteiger partial charge in [-0.3, -0.25) is 0 Å². The molecule has 106 valence electrons. The van der Waals surface area contributed by atoms with Gasteiger partial charge in [0.2, 0.25) is 10.0 Å². The Bertz CT molecular complexity index is 547. The Morgan fingerprint density at radius 3 is 2.21 bits per heavy atom. The van der Waals surface area contributed by atoms with Crippen LogP contribution in [0.3, 0.4) is 0 Å². The summed E-state index contributed by atoms with van der Waals surface area (Å²) in [6, 6.07) is 6.42. The molecule has 1 saturated heterocycles. The van der Waals surface area contributed by atoms with Crippen molar-refractivity contribution < 1.29 is 8.42 Å². The van der Waals surface area contributed by atoms with Crippen molar-refractivity contribution in [3.8, 4) is 0 Å². The Balaban J connectivity index is 2.06. The smallest absolute Gasteiger partial charge is 0.213 e. The van der Waals surface area contributed by atoms with Crippen LogP contribution in [0.15, 0.2) is 18.2 Å². The summed E-state index contributed by atoms with van der Waals surface area (Å²) in [5, 5.41) is 0. The van der Waals surface area contributed by atoms with E-state index in [1.54, 1.807) is 11.2 Å². The van der Waals surface area contributed by atoms with Crippen molar-refractivity contribution in [3.63, 3.8) is 0 Å². The highest BCUT2D eigenvalue weighted by molar-refractivity contribution is 7.89. The maximum absolute atomic E-state index is 11.8. The minimum Gasteiger partial charge on any atom is -0.369 e. The largest absolute Gasteiger partial charge is 0.369 e. The van der Waals surface area contributed by atoms with Crippen LogP contribution >= 0.6 is 0 Å². The predicted molar refractivity (Wildman–Crippen MR) is 79.2 cm³/mol. The molecular formula is C14H22N2O2S. The minimum absolute atomic E-state index is 0.191. The molecule has 2 rings (SSSR count). The molecule has 0 bridgehead atoms. The second kappa shape index (κ2) is 5.51. The summed E-state index contributed by atoms with van der Waals surface area (Å²) in [6.45, 7) is 8.61. The van der Waals surface area contributed by atoms with Crippen molar-refractivity contribution in [2.75, 3.05) is 36.8 Å². The Morgan fingerprint density at radius 2 is 1.68 bits per heavy atom. The van der Waals surface area contributed by atoms with Crippen molar-refractivity contribution in [3.05, 3.63) is 29.3 Å². The number of hydrogen-bond acceptors (Lipinski definition) is 3. The molecule has 5 heteroatoms. The molecule has 0 saturated carbocycles. The molecule has 0 unspecified atom stereocenters. The molecule has 1 heterocycles. The van der Waals surface area contributed by atoms with Crippen molar-refractivity contribution >= 4 is 15.7 Å². The summed E-state index contributed by atoms with van der Waals surface area (Å²) in [4.78, 5) is 2.26. The molecule has 1 aromatic carbocycles. The van der Waals surface area contributed by atoms with Gasteiger partial charge in [0.15, 0.2) is 0 Å². The van der Waals surface area contributed by atoms with E-state index in [-0.39, 0.29) is 5.75 Å². The van der Waals surface area contributed by atoms with Crippen LogP contribution in [0.25, 0.3) is 0 Å². The van der Waals surface area contributed by atoms with Gasteiger partial charge >= 0.3 is 0 Å². The lowest BCUT2D eigenvalue weighted by Crippen LogP contribution is -2.49. The molecule has 0 spiro atoms. The number of rotatable bonds is 3. The first-order valence-electron chi connectivity index (χ1n) is 6.74. The average Bonchev–Trinajstić information content (AvgIpc) is 2.42. The zero-order valence-corrected chi connectivity index (χ0v) is 12.7. The minimum atomic E-state index is -3.04. The summed E-state index contributed by atoms with van der Waals surface area (Å²) < 4.78 is 25.2. The quantitative estimate of drug-likeness (QED) is 0.848. The van der Waals surface area contributed by atoms with Gasteiger partial charge in [-0.2, -0.15) is 4.31 Å². The lowest BCUT2D eigenvalue weighted by Gasteiger charge is -2.35. The molecular weight excluding hydrogens is 260 g/mol. The Morgan fingerprint density at radius 1 is 1.05 bits per heavy atom. The first-order valence-corrected chi connectivity index (χ1v) is 8.35. The van der Waals surface area contributed by atoms with Gasteiger partial charge in [0.05, 0.1) is 5.75 Å². The van der Waals surface area contributed by atoms with Crippen molar-refractivity contribution in [2.24, 2.45) is 0 Å². The van der Waals surface area contributed by atoms with Crippen LogP contribution in [0.2, 0.25) is 0 Å². The van der Waals surface area contributed by atoms with Crippen molar-refractivity contribution in [1.82, 2.24) is 4.31 Å². The van der Waals surface area contributed by atoms with Crippen LogP contribution in [-0.4, -0.2) is 44.7 Å². The molecule has 0 amide bonds. The molecule has 1 aliphatic heterocycles. The normalized spacial score (nSPS) is 17.7. The lowest BCUT2D eigenvalue weighted by atomic mass is 10.1. The molecule has 0 atom stereocenters. The SMILES string of the molecule is CCS(=O)(=O)N1CCN(c2ccc(C)c(C)c2)CC1. The van der Waals surface area contributed by atoms with Gasteiger partial charge in [-0.25, -0.2) is 8.42 Å². The summed E-state index contributed by atoms with van der Waals surface area (Å²) in [7, 11) is -3.04. The van der Waals surface area contributed by atoms with E-state index >= 15 is 0 Å². The molecule has 0 radical (unpaired) electrons. The average molecular weight is 282 g/mol. The zero-order valence-electron chi connectivity index (χ0n) is 11.9. The highest BCUT2D eigenvalue weighted by Crippen LogP contribution is 2.21. The van der Waals surface area contributed by atoms with Gasteiger partial charge in [0.25, 0.3) is 0 Å². The van der Waals surface area contributed by atoms with Crippen LogP contribution < -0.4 is 4.90 Å². The Kier molecular flexibility index (Phi) is 4.16. The Labute approximate surface area is 116 Å². The van der Waals surface area contributed by atoms with Crippen LogP contribution in [0.4, 0.5) is 5.69 Å². The second-order valence-corrected chi connectivity index (χ2v) is 7.31. The van der Waals surface area contributed by atoms with Crippen molar-refractivity contribution in [2.45, 2.75) is 20.8 Å². The van der Waals surface area contributed by atoms with Gasteiger partial charge in [-0.05, 0) is 44.0 Å². The van der Waals surface area contributed by atoms with E-state index in [1.807, 2.05) is 0 Å². The molecule has 1 fully saturated rings. The molecule has 1 aliphatic rings. The maximum atomic E-state index is 11.8. The lowest BCUT2D eigenvalue weighted by molar-refractivity contribution is 0.385. The van der Waals surface area contributed by atoms with Crippen LogP contribution in [0.5, 0.6) is 0 Å². The maximum Gasteiger partial charge on any atom is 0.213 e. The van der Waals surface area contributed by atoms with E-state index in [4.69, 9.17) is 0 Å². The number of piperazine rings is 1. The van der Waals surface area contributed by atoms with E-state index in [2.05, 4.69) is 36.9 Å². The number of nitrogens with zero attached hydrogens (tertiary/aromatic N) is 2. The van der Waals surface area contributed by atoms with Crippen molar-refractivity contribution in [1.29, 1.82) is 0 Å². The third-order valence-corrected chi connectivity index (χ3v) is 5.73. The third kappa shape index (κ3) is 3.09. The van der Waals surface area contributed by atoms with Gasteiger partial charge in [0, 0.05) is 31.9 Å². The Hall–Kier alpha value is -1.07. The number of anilines is 1. The van der Waals surface area contributed by atoms with E-state index in [0.717, 1.165) is 13.1 Å². The first-order chi connectivity index (χ1) is 8.94. The number of hydrogen-bond donors (Lipinski definition) is 0. The second-order valence-electron chi connectivity index (χ2n) is 5.06. The van der Waals surface area contributed by atoms with Gasteiger partial charge in [0.1, 0.15) is 0 Å². The summed E-state index contributed by atoms with van der Waals surface area (Å²) in [5.41, 5.74) is 3.76. The van der Waals surface area contributed by atoms with Gasteiger partial charge < -0.3 is 4.90 Å². The topological polar surface area (TPSA) is 40.6 Å². The summed E-state index contributed by atoms with van der Waals surface area (Å²) >= 11 is 0. The fourth-order valence-corrected chi connectivity index (χ4v) is 3.41. The monoisotopic (exact) mass is 282 g/mol. The number of aryl methyl sites for hydroxylation is 2. The fourth-order valence-electron chi connectivity index (χ4n) is 2.33. The molecule has 19 heavy (non-hydrogen) atoms. The molecule has 1 aromatic rings. The third-order valence-electron chi connectivity index (χ3n) is 3.85. The van der Waals surface area contributed by atoms with E-state index in [1.165, 1.54) is 16.8 Å². The van der Waals surface area contributed by atoms with Crippen LogP contribution in [-0.2, 0) is 10.0 Å². The van der Waals surface area contributed by atoms with E-state index < -0.39 is 10.0 Å². The van der Waals surface area contributed by atoms with E-state index in [0.29, 0.717) is 13.1 Å². The first kappa shape index (κ1) is 14.3. The number of sulfonamides is 1. The molecule has 4 nitrogen and oxygen atoms in total. The molecule has 0 aromatic heterocycles. The van der Waals surface area contributed by atoms with Crippen LogP contribution in [0, 0.1) is 13.8 Å². The standard InChI is InChI=1S/C14H22N2O2S/c1-4-19(17,18)16-9-7-15(8-10-16)14-6-5-12(2)13(3)11-14/h5-6,11H,4,7-10H2,1-3H3. The molecule has 0 aliphatic carbocycles. The molecule has 0 N–H and O–H groups in total. The highest BCUT2D eigenvalue weighted by atomic mass is 32.2. The predicted octanol–water partition coefficient (Wildman–Crippen LogP) is 1.78. The van der Waals surface area contributed by atoms with Gasteiger partial charge in [-0.1, -0.05) is 6.07 Å². The van der Waals surface area contributed by atoms with Gasteiger partial charge in [-0.15, -0.1) is 0 Å². The van der Waals surface area contributed by atoms with E-state index in [9.17, 15) is 8.42 Å². The number of benzene rings is 1. The summed E-state index contributed by atoms with van der Waals surface area (Å²) in [6.07, 6.45) is 0. The highest BCUT2D eigenvalue weighted by Gasteiger charge is 2.25. The zero-order chi connectivity index (χ0) is 14.0.